The van der Waals surface area contributed by atoms with Gasteiger partial charge in [-0.05, 0) is 55.5 Å². The molecule has 0 aliphatic carbocycles. The molecule has 0 atom stereocenters. The molecule has 25 heavy (non-hydrogen) atoms. The van der Waals surface area contributed by atoms with Gasteiger partial charge in [0.1, 0.15) is 17.4 Å². The van der Waals surface area contributed by atoms with Gasteiger partial charge in [-0.25, -0.2) is 9.37 Å². The molecule has 3 N–H and O–H groups in total. The van der Waals surface area contributed by atoms with Crippen LogP contribution >= 0.6 is 12.2 Å². The van der Waals surface area contributed by atoms with Gasteiger partial charge in [0.05, 0.1) is 12.8 Å². The number of hydrogen-bond acceptors (Lipinski definition) is 5. The van der Waals surface area contributed by atoms with Gasteiger partial charge in [0.2, 0.25) is 5.95 Å². The molecule has 0 saturated heterocycles. The summed E-state index contributed by atoms with van der Waals surface area (Å²) >= 11 is 5.23. The van der Waals surface area contributed by atoms with Gasteiger partial charge in [0.25, 0.3) is 0 Å². The van der Waals surface area contributed by atoms with E-state index in [9.17, 15) is 4.39 Å². The molecule has 2 aromatic heterocycles. The summed E-state index contributed by atoms with van der Waals surface area (Å²) in [5.41, 5.74) is 1.49. The summed E-state index contributed by atoms with van der Waals surface area (Å²) in [7, 11) is 0. The van der Waals surface area contributed by atoms with Crippen LogP contribution in [0.5, 0.6) is 0 Å². The highest BCUT2D eigenvalue weighted by Gasteiger charge is 2.06. The summed E-state index contributed by atoms with van der Waals surface area (Å²) in [6.07, 6.45) is 1.60. The van der Waals surface area contributed by atoms with Gasteiger partial charge >= 0.3 is 0 Å². The van der Waals surface area contributed by atoms with Crippen LogP contribution in [0, 0.1) is 12.7 Å². The fourth-order valence-electron chi connectivity index (χ4n) is 2.10. The molecule has 0 saturated carbocycles. The average molecular weight is 357 g/mol. The van der Waals surface area contributed by atoms with Gasteiger partial charge in [-0.15, -0.1) is 0 Å². The predicted molar refractivity (Wildman–Crippen MR) is 98.2 cm³/mol. The number of hydrogen-bond donors (Lipinski definition) is 3. The molecule has 0 spiro atoms. The number of benzene rings is 1. The molecule has 6 nitrogen and oxygen atoms in total. The van der Waals surface area contributed by atoms with Crippen molar-refractivity contribution in [1.29, 1.82) is 0 Å². The van der Waals surface area contributed by atoms with Gasteiger partial charge in [-0.1, -0.05) is 0 Å². The lowest BCUT2D eigenvalue weighted by Crippen LogP contribution is -2.28. The van der Waals surface area contributed by atoms with Gasteiger partial charge in [-0.3, -0.25) is 0 Å². The van der Waals surface area contributed by atoms with E-state index in [0.29, 0.717) is 23.4 Å². The lowest BCUT2D eigenvalue weighted by Gasteiger charge is -2.11. The van der Waals surface area contributed by atoms with Gasteiger partial charge in [0.15, 0.2) is 5.11 Å². The highest BCUT2D eigenvalue weighted by Crippen LogP contribution is 2.17. The van der Waals surface area contributed by atoms with E-state index in [4.69, 9.17) is 16.6 Å². The predicted octanol–water partition coefficient (Wildman–Crippen LogP) is 3.75. The number of anilines is 3. The maximum absolute atomic E-state index is 13.0. The summed E-state index contributed by atoms with van der Waals surface area (Å²) in [4.78, 5) is 8.66. The maximum Gasteiger partial charge on any atom is 0.231 e. The molecule has 0 aliphatic heterocycles. The van der Waals surface area contributed by atoms with E-state index >= 15 is 0 Å². The zero-order chi connectivity index (χ0) is 17.6. The monoisotopic (exact) mass is 357 g/mol. The standard InChI is InChI=1S/C17H16FN5OS/c1-11-9-15(21-13-6-4-12(18)5-7-13)22-16(20-11)23-17(25)19-10-14-3-2-8-24-14/h2-9H,10H2,1H3,(H3,19,20,21,22,23,25). The Morgan fingerprint density at radius 1 is 1.20 bits per heavy atom. The normalized spacial score (nSPS) is 10.3. The molecule has 3 rings (SSSR count). The number of halogens is 1. The molecule has 0 amide bonds. The number of nitrogens with zero attached hydrogens (tertiary/aromatic N) is 2. The minimum atomic E-state index is -0.292. The second-order valence-corrected chi connectivity index (χ2v) is 5.65. The second-order valence-electron chi connectivity index (χ2n) is 5.24. The van der Waals surface area contributed by atoms with Crippen molar-refractivity contribution in [3.8, 4) is 0 Å². The lowest BCUT2D eigenvalue weighted by atomic mass is 10.3. The number of nitrogens with one attached hydrogen (secondary N) is 3. The molecule has 0 radical (unpaired) electrons. The van der Waals surface area contributed by atoms with Crippen LogP contribution < -0.4 is 16.0 Å². The molecule has 0 aliphatic rings. The van der Waals surface area contributed by atoms with E-state index in [1.54, 1.807) is 24.5 Å². The summed E-state index contributed by atoms with van der Waals surface area (Å²) < 4.78 is 18.2. The Hall–Kier alpha value is -3.00. The first kappa shape index (κ1) is 16.8. The highest BCUT2D eigenvalue weighted by molar-refractivity contribution is 7.80. The van der Waals surface area contributed by atoms with Crippen LogP contribution in [-0.4, -0.2) is 15.1 Å². The largest absolute Gasteiger partial charge is 0.467 e. The first-order valence-electron chi connectivity index (χ1n) is 7.54. The molecular formula is C17H16FN5OS. The molecule has 1 aromatic carbocycles. The Kier molecular flexibility index (Phi) is 5.20. The average Bonchev–Trinajstić information content (AvgIpc) is 3.08. The van der Waals surface area contributed by atoms with Crippen LogP contribution in [0.2, 0.25) is 0 Å². The first-order valence-corrected chi connectivity index (χ1v) is 7.95. The molecule has 2 heterocycles. The van der Waals surface area contributed by atoms with Crippen LogP contribution in [-0.2, 0) is 6.54 Å². The highest BCUT2D eigenvalue weighted by atomic mass is 32.1. The fourth-order valence-corrected chi connectivity index (χ4v) is 2.26. The topological polar surface area (TPSA) is 75.0 Å². The Morgan fingerprint density at radius 3 is 2.72 bits per heavy atom. The molecule has 3 aromatic rings. The Morgan fingerprint density at radius 2 is 2.00 bits per heavy atom. The zero-order valence-corrected chi connectivity index (χ0v) is 14.2. The van der Waals surface area contributed by atoms with Gasteiger partial charge < -0.3 is 20.4 Å². The van der Waals surface area contributed by atoms with Crippen molar-refractivity contribution in [3.63, 3.8) is 0 Å². The SMILES string of the molecule is Cc1cc(Nc2ccc(F)cc2)nc(NC(=S)NCc2ccco2)n1. The van der Waals surface area contributed by atoms with Crippen molar-refractivity contribution in [2.45, 2.75) is 13.5 Å². The molecular weight excluding hydrogens is 341 g/mol. The second kappa shape index (κ2) is 7.71. The number of aryl methyl sites for hydroxylation is 1. The minimum absolute atomic E-state index is 0.292. The molecule has 128 valence electrons. The number of furan rings is 1. The van der Waals surface area contributed by atoms with E-state index in [0.717, 1.165) is 17.1 Å². The van der Waals surface area contributed by atoms with Crippen LogP contribution in [0.4, 0.5) is 21.8 Å². The smallest absolute Gasteiger partial charge is 0.231 e. The molecule has 0 unspecified atom stereocenters. The van der Waals surface area contributed by atoms with Gasteiger partial charge in [-0.2, -0.15) is 4.98 Å². The van der Waals surface area contributed by atoms with Crippen LogP contribution in [0.1, 0.15) is 11.5 Å². The number of thiocarbonyl (C=S) groups is 1. The minimum Gasteiger partial charge on any atom is -0.467 e. The fraction of sp³-hybridized carbons (Fsp3) is 0.118. The third-order valence-corrected chi connectivity index (χ3v) is 3.45. The number of rotatable bonds is 5. The Bertz CT molecular complexity index is 852. The summed E-state index contributed by atoms with van der Waals surface area (Å²) in [5.74, 6) is 1.42. The molecule has 0 fully saturated rings. The summed E-state index contributed by atoms with van der Waals surface area (Å²) in [6, 6.07) is 11.5. The quantitative estimate of drug-likeness (QED) is 0.601. The third-order valence-electron chi connectivity index (χ3n) is 3.20. The van der Waals surface area contributed by atoms with E-state index in [-0.39, 0.29) is 5.82 Å². The van der Waals surface area contributed by atoms with E-state index in [1.165, 1.54) is 12.1 Å². The van der Waals surface area contributed by atoms with Crippen molar-refractivity contribution >= 4 is 34.8 Å². The van der Waals surface area contributed by atoms with Gasteiger partial charge in [0, 0.05) is 17.4 Å². The third kappa shape index (κ3) is 4.98. The number of aromatic nitrogens is 2. The van der Waals surface area contributed by atoms with Crippen LogP contribution in [0.15, 0.2) is 53.1 Å². The van der Waals surface area contributed by atoms with Crippen molar-refractivity contribution < 1.29 is 8.81 Å². The lowest BCUT2D eigenvalue weighted by molar-refractivity contribution is 0.503. The summed E-state index contributed by atoms with van der Waals surface area (Å²) in [6.45, 7) is 2.31. The first-order chi connectivity index (χ1) is 12.1. The van der Waals surface area contributed by atoms with Crippen molar-refractivity contribution in [3.05, 3.63) is 66.0 Å². The molecule has 0 bridgehead atoms. The van der Waals surface area contributed by atoms with Crippen LogP contribution in [0.3, 0.4) is 0 Å². The van der Waals surface area contributed by atoms with Crippen LogP contribution in [0.25, 0.3) is 0 Å². The zero-order valence-electron chi connectivity index (χ0n) is 13.4. The van der Waals surface area contributed by atoms with E-state index in [2.05, 4.69) is 25.9 Å². The Balaban J connectivity index is 1.64. The summed E-state index contributed by atoms with van der Waals surface area (Å²) in [5, 5.41) is 9.44. The maximum atomic E-state index is 13.0. The molecule has 8 heteroatoms. The van der Waals surface area contributed by atoms with E-state index < -0.39 is 0 Å². The van der Waals surface area contributed by atoms with Crippen molar-refractivity contribution in [2.75, 3.05) is 10.6 Å². The van der Waals surface area contributed by atoms with Crippen molar-refractivity contribution in [1.82, 2.24) is 15.3 Å². The van der Waals surface area contributed by atoms with E-state index in [1.807, 2.05) is 19.1 Å². The Labute approximate surface area is 149 Å². The van der Waals surface area contributed by atoms with Crippen molar-refractivity contribution in [2.24, 2.45) is 0 Å².